The molecule has 1 saturated heterocycles. The Morgan fingerprint density at radius 1 is 1.23 bits per heavy atom. The van der Waals surface area contributed by atoms with E-state index in [0.29, 0.717) is 5.41 Å². The summed E-state index contributed by atoms with van der Waals surface area (Å²) < 4.78 is 5.45. The first kappa shape index (κ1) is 16.1. The van der Waals surface area contributed by atoms with Crippen molar-refractivity contribution in [2.75, 3.05) is 40.4 Å². The van der Waals surface area contributed by atoms with Gasteiger partial charge in [0.15, 0.2) is 5.96 Å². The second-order valence-electron chi connectivity index (χ2n) is 7.66. The fourth-order valence-corrected chi connectivity index (χ4v) is 4.21. The van der Waals surface area contributed by atoms with E-state index in [1.54, 1.807) is 0 Å². The monoisotopic (exact) mass is 307 g/mol. The first-order valence-electron chi connectivity index (χ1n) is 9.23. The van der Waals surface area contributed by atoms with Gasteiger partial charge in [-0.25, -0.2) is 0 Å². The van der Waals surface area contributed by atoms with Gasteiger partial charge in [0.25, 0.3) is 0 Å². The zero-order chi connectivity index (χ0) is 15.4. The second-order valence-corrected chi connectivity index (χ2v) is 7.66. The summed E-state index contributed by atoms with van der Waals surface area (Å²) in [4.78, 5) is 6.81. The largest absolute Gasteiger partial charge is 0.381 e. The zero-order valence-electron chi connectivity index (χ0n) is 14.4. The van der Waals surface area contributed by atoms with E-state index in [2.05, 4.69) is 22.3 Å². The average Bonchev–Trinajstić information content (AvgIpc) is 3.34. The van der Waals surface area contributed by atoms with Crippen LogP contribution in [0.25, 0.3) is 0 Å². The predicted molar refractivity (Wildman–Crippen MR) is 91.2 cm³/mol. The second kappa shape index (κ2) is 7.20. The Bertz CT molecular complexity index is 382. The van der Waals surface area contributed by atoms with E-state index in [9.17, 15) is 0 Å². The van der Waals surface area contributed by atoms with E-state index in [1.807, 2.05) is 7.05 Å². The van der Waals surface area contributed by atoms with E-state index in [0.717, 1.165) is 44.1 Å². The molecule has 2 saturated carbocycles. The lowest BCUT2D eigenvalue weighted by Crippen LogP contribution is -2.48. The molecule has 22 heavy (non-hydrogen) atoms. The van der Waals surface area contributed by atoms with Crippen molar-refractivity contribution in [3.8, 4) is 0 Å². The molecule has 3 rings (SSSR count). The predicted octanol–water partition coefficient (Wildman–Crippen LogP) is 2.89. The van der Waals surface area contributed by atoms with Crippen molar-refractivity contribution in [1.29, 1.82) is 0 Å². The molecule has 0 aromatic rings. The maximum atomic E-state index is 5.45. The van der Waals surface area contributed by atoms with Crippen molar-refractivity contribution in [2.24, 2.45) is 22.2 Å². The summed E-state index contributed by atoms with van der Waals surface area (Å²) in [5, 5.41) is 3.67. The molecule has 2 aliphatic carbocycles. The number of ether oxygens (including phenoxy) is 1. The highest BCUT2D eigenvalue weighted by Gasteiger charge is 2.48. The van der Waals surface area contributed by atoms with Crippen molar-refractivity contribution < 1.29 is 4.74 Å². The molecule has 0 bridgehead atoms. The molecule has 1 heterocycles. The normalized spacial score (nSPS) is 25.6. The van der Waals surface area contributed by atoms with Crippen molar-refractivity contribution in [2.45, 2.75) is 51.4 Å². The van der Waals surface area contributed by atoms with Gasteiger partial charge in [-0.2, -0.15) is 0 Å². The van der Waals surface area contributed by atoms with Gasteiger partial charge in [0, 0.05) is 40.4 Å². The van der Waals surface area contributed by atoms with Crippen LogP contribution < -0.4 is 5.32 Å². The Morgan fingerprint density at radius 3 is 2.50 bits per heavy atom. The number of guanidine groups is 1. The number of nitrogens with one attached hydrogen (secondary N) is 1. The first-order valence-corrected chi connectivity index (χ1v) is 9.23. The lowest BCUT2D eigenvalue weighted by molar-refractivity contribution is 0.0624. The van der Waals surface area contributed by atoms with E-state index in [-0.39, 0.29) is 0 Å². The minimum absolute atomic E-state index is 0.609. The number of rotatable bonds is 6. The summed E-state index contributed by atoms with van der Waals surface area (Å²) >= 11 is 0. The molecule has 4 heteroatoms. The van der Waals surface area contributed by atoms with Crippen LogP contribution in [0.1, 0.15) is 51.4 Å². The van der Waals surface area contributed by atoms with Crippen LogP contribution in [0.15, 0.2) is 4.99 Å². The Labute approximate surface area is 135 Å². The maximum absolute atomic E-state index is 5.45. The van der Waals surface area contributed by atoms with Crippen LogP contribution in [0.3, 0.4) is 0 Å². The smallest absolute Gasteiger partial charge is 0.193 e. The van der Waals surface area contributed by atoms with Crippen LogP contribution in [0.2, 0.25) is 0 Å². The minimum Gasteiger partial charge on any atom is -0.381 e. The summed E-state index contributed by atoms with van der Waals surface area (Å²) in [5.41, 5.74) is 0.609. The van der Waals surface area contributed by atoms with Gasteiger partial charge in [0.05, 0.1) is 0 Å². The molecule has 0 atom stereocenters. The molecule has 0 amide bonds. The standard InChI is InChI=1S/C18H33N3O/c1-19-17(20-14-18(9-3-10-18)16-4-5-16)21(2)11-6-15-7-12-22-13-8-15/h15-16H,3-14H2,1-2H3,(H,19,20). The van der Waals surface area contributed by atoms with Gasteiger partial charge < -0.3 is 15.0 Å². The van der Waals surface area contributed by atoms with E-state index in [1.165, 1.54) is 51.4 Å². The molecule has 0 aromatic heterocycles. The topological polar surface area (TPSA) is 36.9 Å². The lowest BCUT2D eigenvalue weighted by atomic mass is 9.65. The van der Waals surface area contributed by atoms with Gasteiger partial charge in [-0.15, -0.1) is 0 Å². The molecule has 126 valence electrons. The summed E-state index contributed by atoms with van der Waals surface area (Å²) in [6.07, 6.45) is 10.9. The lowest BCUT2D eigenvalue weighted by Gasteiger charge is -2.43. The number of hydrogen-bond donors (Lipinski definition) is 1. The summed E-state index contributed by atoms with van der Waals surface area (Å²) in [7, 11) is 4.09. The third-order valence-corrected chi connectivity index (χ3v) is 6.18. The van der Waals surface area contributed by atoms with Gasteiger partial charge in [-0.05, 0) is 62.2 Å². The molecule has 1 aliphatic heterocycles. The van der Waals surface area contributed by atoms with Gasteiger partial charge in [-0.3, -0.25) is 4.99 Å². The molecule has 1 N–H and O–H groups in total. The summed E-state index contributed by atoms with van der Waals surface area (Å²) in [5.74, 6) is 2.91. The molecule has 3 aliphatic rings. The Hall–Kier alpha value is -0.770. The first-order chi connectivity index (χ1) is 10.7. The third kappa shape index (κ3) is 3.76. The molecular formula is C18H33N3O. The SMILES string of the molecule is CN=C(NCC1(C2CC2)CCC1)N(C)CCC1CCOCC1. The molecule has 3 fully saturated rings. The van der Waals surface area contributed by atoms with Crippen LogP contribution in [0.4, 0.5) is 0 Å². The van der Waals surface area contributed by atoms with Gasteiger partial charge in [-0.1, -0.05) is 6.42 Å². The molecular weight excluding hydrogens is 274 g/mol. The fraction of sp³-hybridized carbons (Fsp3) is 0.944. The van der Waals surface area contributed by atoms with Crippen molar-refractivity contribution >= 4 is 5.96 Å². The van der Waals surface area contributed by atoms with E-state index < -0.39 is 0 Å². The third-order valence-electron chi connectivity index (χ3n) is 6.18. The van der Waals surface area contributed by atoms with E-state index >= 15 is 0 Å². The Kier molecular flexibility index (Phi) is 5.27. The van der Waals surface area contributed by atoms with Gasteiger partial charge >= 0.3 is 0 Å². The van der Waals surface area contributed by atoms with Crippen LogP contribution >= 0.6 is 0 Å². The average molecular weight is 307 g/mol. The van der Waals surface area contributed by atoms with Crippen molar-refractivity contribution in [1.82, 2.24) is 10.2 Å². The van der Waals surface area contributed by atoms with Crippen molar-refractivity contribution in [3.05, 3.63) is 0 Å². The molecule has 0 spiro atoms. The summed E-state index contributed by atoms with van der Waals surface area (Å²) in [6.45, 7) is 4.13. The summed E-state index contributed by atoms with van der Waals surface area (Å²) in [6, 6.07) is 0. The van der Waals surface area contributed by atoms with Crippen LogP contribution in [0, 0.1) is 17.3 Å². The van der Waals surface area contributed by atoms with Crippen LogP contribution in [-0.4, -0.2) is 51.3 Å². The van der Waals surface area contributed by atoms with E-state index in [4.69, 9.17) is 4.74 Å². The van der Waals surface area contributed by atoms with Gasteiger partial charge in [0.1, 0.15) is 0 Å². The Balaban J connectivity index is 1.42. The molecule has 0 unspecified atom stereocenters. The number of hydrogen-bond acceptors (Lipinski definition) is 2. The molecule has 0 aromatic carbocycles. The van der Waals surface area contributed by atoms with Crippen molar-refractivity contribution in [3.63, 3.8) is 0 Å². The number of nitrogens with zero attached hydrogens (tertiary/aromatic N) is 2. The zero-order valence-corrected chi connectivity index (χ0v) is 14.4. The van der Waals surface area contributed by atoms with Crippen LogP contribution in [0.5, 0.6) is 0 Å². The Morgan fingerprint density at radius 2 is 1.95 bits per heavy atom. The molecule has 0 radical (unpaired) electrons. The highest BCUT2D eigenvalue weighted by Crippen LogP contribution is 2.56. The fourth-order valence-electron chi connectivity index (χ4n) is 4.21. The maximum Gasteiger partial charge on any atom is 0.193 e. The van der Waals surface area contributed by atoms with Gasteiger partial charge in [0.2, 0.25) is 0 Å². The highest BCUT2D eigenvalue weighted by atomic mass is 16.5. The minimum atomic E-state index is 0.609. The quantitative estimate of drug-likeness (QED) is 0.605. The van der Waals surface area contributed by atoms with Crippen LogP contribution in [-0.2, 0) is 4.74 Å². The molecule has 4 nitrogen and oxygen atoms in total. The highest BCUT2D eigenvalue weighted by molar-refractivity contribution is 5.79. The number of aliphatic imine (C=N–C) groups is 1.